The molecular formula is C11H25N3O. The van der Waals surface area contributed by atoms with Gasteiger partial charge in [-0.1, -0.05) is 13.8 Å². The zero-order chi connectivity index (χ0) is 12.1. The summed E-state index contributed by atoms with van der Waals surface area (Å²) in [5, 5.41) is 0. The average molecular weight is 215 g/mol. The van der Waals surface area contributed by atoms with E-state index in [1.165, 1.54) is 0 Å². The number of nitrogens with zero attached hydrogens (tertiary/aromatic N) is 1. The van der Waals surface area contributed by atoms with Crippen molar-refractivity contribution in [3.05, 3.63) is 0 Å². The van der Waals surface area contributed by atoms with Crippen molar-refractivity contribution in [2.24, 2.45) is 11.3 Å². The summed E-state index contributed by atoms with van der Waals surface area (Å²) in [6, 6.07) is 0.500. The monoisotopic (exact) mass is 215 g/mol. The summed E-state index contributed by atoms with van der Waals surface area (Å²) in [5.74, 6) is 5.06. The first-order valence-corrected chi connectivity index (χ1v) is 5.64. The molecule has 0 heterocycles. The summed E-state index contributed by atoms with van der Waals surface area (Å²) in [4.78, 5) is 13.8. The van der Waals surface area contributed by atoms with Gasteiger partial charge in [-0.3, -0.25) is 15.1 Å². The lowest BCUT2D eigenvalue weighted by Gasteiger charge is -2.34. The number of nitrogens with two attached hydrogens (primary N) is 1. The zero-order valence-corrected chi connectivity index (χ0v) is 10.6. The van der Waals surface area contributed by atoms with Gasteiger partial charge in [0.25, 0.3) is 0 Å². The highest BCUT2D eigenvalue weighted by atomic mass is 16.2. The van der Waals surface area contributed by atoms with Crippen molar-refractivity contribution >= 4 is 5.91 Å². The molecule has 0 radical (unpaired) electrons. The van der Waals surface area contributed by atoms with Crippen LogP contribution >= 0.6 is 0 Å². The molecule has 0 saturated carbocycles. The van der Waals surface area contributed by atoms with Crippen molar-refractivity contribution in [3.8, 4) is 0 Å². The Morgan fingerprint density at radius 2 is 2.00 bits per heavy atom. The summed E-state index contributed by atoms with van der Waals surface area (Å²) in [6.45, 7) is 12.0. The fraction of sp³-hybridized carbons (Fsp3) is 0.909. The molecule has 1 atom stereocenters. The maximum atomic E-state index is 11.5. The van der Waals surface area contributed by atoms with Gasteiger partial charge >= 0.3 is 0 Å². The number of nitrogens with one attached hydrogen (secondary N) is 1. The van der Waals surface area contributed by atoms with Crippen LogP contribution in [0.1, 0.15) is 41.0 Å². The number of hydrogen-bond acceptors (Lipinski definition) is 3. The van der Waals surface area contributed by atoms with Gasteiger partial charge in [-0.2, -0.15) is 0 Å². The minimum absolute atomic E-state index is 0.107. The fourth-order valence-electron chi connectivity index (χ4n) is 1.61. The molecule has 0 aliphatic carbocycles. The third-order valence-corrected chi connectivity index (χ3v) is 2.96. The van der Waals surface area contributed by atoms with E-state index < -0.39 is 5.41 Å². The Balaban J connectivity index is 4.46. The molecule has 15 heavy (non-hydrogen) atoms. The Labute approximate surface area is 93.2 Å². The average Bonchev–Trinajstić information content (AvgIpc) is 2.23. The van der Waals surface area contributed by atoms with E-state index in [1.807, 2.05) is 13.8 Å². The number of carbonyl (C=O) groups is 1. The molecule has 0 aromatic carbocycles. The third-order valence-electron chi connectivity index (χ3n) is 2.96. The van der Waals surface area contributed by atoms with E-state index in [0.29, 0.717) is 6.04 Å². The SMILES string of the molecule is CCC(C)N(CC)CC(C)(C)C(=O)NN. The minimum Gasteiger partial charge on any atom is -0.300 e. The quantitative estimate of drug-likeness (QED) is 0.396. The van der Waals surface area contributed by atoms with E-state index in [4.69, 9.17) is 5.84 Å². The van der Waals surface area contributed by atoms with Gasteiger partial charge in [-0.15, -0.1) is 0 Å². The van der Waals surface area contributed by atoms with Gasteiger partial charge in [-0.25, -0.2) is 5.84 Å². The van der Waals surface area contributed by atoms with Crippen molar-refractivity contribution in [3.63, 3.8) is 0 Å². The Morgan fingerprint density at radius 3 is 2.33 bits per heavy atom. The van der Waals surface area contributed by atoms with Crippen LogP contribution < -0.4 is 11.3 Å². The van der Waals surface area contributed by atoms with E-state index in [2.05, 4.69) is 31.1 Å². The number of rotatable bonds is 6. The molecule has 0 aromatic heterocycles. The smallest absolute Gasteiger partial charge is 0.240 e. The maximum absolute atomic E-state index is 11.5. The highest BCUT2D eigenvalue weighted by Gasteiger charge is 2.30. The summed E-state index contributed by atoms with van der Waals surface area (Å²) in [7, 11) is 0. The van der Waals surface area contributed by atoms with Crippen LogP contribution in [0.25, 0.3) is 0 Å². The minimum atomic E-state index is -0.436. The Morgan fingerprint density at radius 1 is 1.47 bits per heavy atom. The molecular weight excluding hydrogens is 190 g/mol. The largest absolute Gasteiger partial charge is 0.300 e. The molecule has 0 bridgehead atoms. The Bertz CT molecular complexity index is 204. The third kappa shape index (κ3) is 4.18. The van der Waals surface area contributed by atoms with Gasteiger partial charge in [0.2, 0.25) is 5.91 Å². The molecule has 0 fully saturated rings. The van der Waals surface area contributed by atoms with Gasteiger partial charge in [0.05, 0.1) is 5.41 Å². The first kappa shape index (κ1) is 14.4. The van der Waals surface area contributed by atoms with E-state index in [0.717, 1.165) is 19.5 Å². The predicted molar refractivity (Wildman–Crippen MR) is 63.1 cm³/mol. The van der Waals surface area contributed by atoms with Crippen molar-refractivity contribution in [1.82, 2.24) is 10.3 Å². The summed E-state index contributed by atoms with van der Waals surface area (Å²) in [5.41, 5.74) is 1.79. The van der Waals surface area contributed by atoms with Crippen LogP contribution in [-0.2, 0) is 4.79 Å². The summed E-state index contributed by atoms with van der Waals surface area (Å²) < 4.78 is 0. The van der Waals surface area contributed by atoms with Crippen LogP contribution in [-0.4, -0.2) is 29.9 Å². The van der Waals surface area contributed by atoms with Gasteiger partial charge in [0.15, 0.2) is 0 Å². The Kier molecular flexibility index (Phi) is 5.83. The molecule has 4 nitrogen and oxygen atoms in total. The number of carbonyl (C=O) groups excluding carboxylic acids is 1. The Hall–Kier alpha value is -0.610. The first-order valence-electron chi connectivity index (χ1n) is 5.64. The van der Waals surface area contributed by atoms with Crippen LogP contribution in [0.2, 0.25) is 0 Å². The van der Waals surface area contributed by atoms with E-state index in [9.17, 15) is 4.79 Å². The summed E-state index contributed by atoms with van der Waals surface area (Å²) in [6.07, 6.45) is 1.09. The van der Waals surface area contributed by atoms with Gasteiger partial charge in [0, 0.05) is 12.6 Å². The standard InChI is InChI=1S/C11H25N3O/c1-6-9(3)14(7-2)8-11(4,5)10(15)13-12/h9H,6-8,12H2,1-5H3,(H,13,15). The van der Waals surface area contributed by atoms with Crippen LogP contribution in [0.15, 0.2) is 0 Å². The topological polar surface area (TPSA) is 58.4 Å². The van der Waals surface area contributed by atoms with E-state index in [1.54, 1.807) is 0 Å². The van der Waals surface area contributed by atoms with Gasteiger partial charge < -0.3 is 0 Å². The van der Waals surface area contributed by atoms with Crippen LogP contribution in [0.5, 0.6) is 0 Å². The molecule has 0 aliphatic rings. The zero-order valence-electron chi connectivity index (χ0n) is 10.6. The molecule has 3 N–H and O–H groups in total. The molecule has 1 amide bonds. The first-order chi connectivity index (χ1) is 6.88. The molecule has 1 unspecified atom stereocenters. The second kappa shape index (κ2) is 6.08. The van der Waals surface area contributed by atoms with Gasteiger partial charge in [0.1, 0.15) is 0 Å². The molecule has 0 saturated heterocycles. The second-order valence-electron chi connectivity index (χ2n) is 4.68. The predicted octanol–water partition coefficient (Wildman–Crippen LogP) is 1.12. The number of hydrazine groups is 1. The van der Waals surface area contributed by atoms with Crippen molar-refractivity contribution < 1.29 is 4.79 Å². The van der Waals surface area contributed by atoms with Crippen molar-refractivity contribution in [1.29, 1.82) is 0 Å². The highest BCUT2D eigenvalue weighted by molar-refractivity contribution is 5.81. The lowest BCUT2D eigenvalue weighted by molar-refractivity contribution is -0.130. The van der Waals surface area contributed by atoms with E-state index >= 15 is 0 Å². The normalized spacial score (nSPS) is 14.1. The van der Waals surface area contributed by atoms with Gasteiger partial charge in [-0.05, 0) is 33.7 Å². The number of amides is 1. The van der Waals surface area contributed by atoms with Crippen molar-refractivity contribution in [2.75, 3.05) is 13.1 Å². The molecule has 90 valence electrons. The molecule has 0 spiro atoms. The van der Waals surface area contributed by atoms with Crippen LogP contribution in [0, 0.1) is 5.41 Å². The van der Waals surface area contributed by atoms with Crippen LogP contribution in [0.3, 0.4) is 0 Å². The van der Waals surface area contributed by atoms with Crippen molar-refractivity contribution in [2.45, 2.75) is 47.1 Å². The van der Waals surface area contributed by atoms with Crippen LogP contribution in [0.4, 0.5) is 0 Å². The molecule has 0 aromatic rings. The molecule has 4 heteroatoms. The lowest BCUT2D eigenvalue weighted by Crippen LogP contribution is -2.49. The number of hydrogen-bond donors (Lipinski definition) is 2. The fourth-order valence-corrected chi connectivity index (χ4v) is 1.61. The maximum Gasteiger partial charge on any atom is 0.240 e. The molecule has 0 aliphatic heterocycles. The van der Waals surface area contributed by atoms with E-state index in [-0.39, 0.29) is 5.91 Å². The lowest BCUT2D eigenvalue weighted by atomic mass is 9.91. The second-order valence-corrected chi connectivity index (χ2v) is 4.68. The molecule has 0 rings (SSSR count). The summed E-state index contributed by atoms with van der Waals surface area (Å²) >= 11 is 0. The highest BCUT2D eigenvalue weighted by Crippen LogP contribution is 2.19.